The van der Waals surface area contributed by atoms with Crippen LogP contribution in [0.4, 0.5) is 5.69 Å². The van der Waals surface area contributed by atoms with Gasteiger partial charge in [-0.3, -0.25) is 0 Å². The van der Waals surface area contributed by atoms with E-state index in [0.717, 1.165) is 49.2 Å². The molecule has 5 heteroatoms. The summed E-state index contributed by atoms with van der Waals surface area (Å²) in [6, 6.07) is 5.75. The van der Waals surface area contributed by atoms with Gasteiger partial charge in [0.1, 0.15) is 11.8 Å². The number of nitrogens with zero attached hydrogens (tertiary/aromatic N) is 4. The van der Waals surface area contributed by atoms with Crippen molar-refractivity contribution in [1.29, 1.82) is 5.26 Å². The Kier molecular flexibility index (Phi) is 10.1. The van der Waals surface area contributed by atoms with E-state index >= 15 is 0 Å². The van der Waals surface area contributed by atoms with Crippen LogP contribution in [0.3, 0.4) is 0 Å². The van der Waals surface area contributed by atoms with Crippen molar-refractivity contribution in [2.45, 2.75) is 53.4 Å². The van der Waals surface area contributed by atoms with Gasteiger partial charge in [-0.1, -0.05) is 59.2 Å². The molecule has 0 N–H and O–H groups in total. The molecule has 0 bridgehead atoms. The van der Waals surface area contributed by atoms with Crippen LogP contribution in [0, 0.1) is 17.2 Å². The van der Waals surface area contributed by atoms with Gasteiger partial charge in [0.05, 0.1) is 16.9 Å². The SMILES string of the molecule is CCC(=S)N1CCN(c2ccc(C#N)nc2)CC1.CCC[C@@H](C)CC. The van der Waals surface area contributed by atoms with Crippen molar-refractivity contribution in [3.63, 3.8) is 0 Å². The topological polar surface area (TPSA) is 43.2 Å². The fraction of sp³-hybridized carbons (Fsp3) is 0.650. The molecule has 0 spiro atoms. The number of hydrogen-bond donors (Lipinski definition) is 0. The maximum atomic E-state index is 8.71. The van der Waals surface area contributed by atoms with Crippen molar-refractivity contribution < 1.29 is 0 Å². The second-order valence-electron chi connectivity index (χ2n) is 6.54. The summed E-state index contributed by atoms with van der Waals surface area (Å²) >= 11 is 5.32. The summed E-state index contributed by atoms with van der Waals surface area (Å²) in [5.74, 6) is 0.949. The van der Waals surface area contributed by atoms with Gasteiger partial charge >= 0.3 is 0 Å². The first kappa shape index (κ1) is 21.4. The molecule has 4 nitrogen and oxygen atoms in total. The van der Waals surface area contributed by atoms with Gasteiger partial charge in [0.25, 0.3) is 0 Å². The van der Waals surface area contributed by atoms with Gasteiger partial charge < -0.3 is 9.80 Å². The monoisotopic (exact) mass is 360 g/mol. The van der Waals surface area contributed by atoms with Gasteiger partial charge in [0.15, 0.2) is 0 Å². The van der Waals surface area contributed by atoms with Crippen LogP contribution in [-0.4, -0.2) is 41.1 Å². The summed E-state index contributed by atoms with van der Waals surface area (Å²) in [5.41, 5.74) is 1.54. The van der Waals surface area contributed by atoms with E-state index in [1.807, 2.05) is 12.1 Å². The highest BCUT2D eigenvalue weighted by molar-refractivity contribution is 7.80. The van der Waals surface area contributed by atoms with Crippen LogP contribution in [0.1, 0.15) is 59.1 Å². The molecule has 1 saturated heterocycles. The molecule has 2 heterocycles. The Hall–Kier alpha value is -1.67. The first-order valence-corrected chi connectivity index (χ1v) is 9.85. The molecule has 1 fully saturated rings. The molecular formula is C20H32N4S. The molecule has 0 radical (unpaired) electrons. The Morgan fingerprint density at radius 1 is 1.24 bits per heavy atom. The Bertz CT molecular complexity index is 542. The van der Waals surface area contributed by atoms with Gasteiger partial charge in [-0.05, 0) is 24.5 Å². The summed E-state index contributed by atoms with van der Waals surface area (Å²) < 4.78 is 0. The predicted octanol–water partition coefficient (Wildman–Crippen LogP) is 4.65. The number of rotatable bonds is 5. The van der Waals surface area contributed by atoms with E-state index in [-0.39, 0.29) is 0 Å². The van der Waals surface area contributed by atoms with E-state index in [0.29, 0.717) is 5.69 Å². The molecule has 1 atom stereocenters. The summed E-state index contributed by atoms with van der Waals surface area (Å²) in [7, 11) is 0. The first-order valence-electron chi connectivity index (χ1n) is 9.44. The number of thiocarbonyl (C=S) groups is 1. The highest BCUT2D eigenvalue weighted by atomic mass is 32.1. The fourth-order valence-corrected chi connectivity index (χ4v) is 2.96. The average molecular weight is 361 g/mol. The van der Waals surface area contributed by atoms with Crippen molar-refractivity contribution in [1.82, 2.24) is 9.88 Å². The number of hydrogen-bond acceptors (Lipinski definition) is 4. The maximum Gasteiger partial charge on any atom is 0.140 e. The number of pyridine rings is 1. The quantitative estimate of drug-likeness (QED) is 0.715. The minimum atomic E-state index is 0.463. The lowest BCUT2D eigenvalue weighted by atomic mass is 10.0. The minimum absolute atomic E-state index is 0.463. The summed E-state index contributed by atoms with van der Waals surface area (Å²) in [6.45, 7) is 12.7. The summed E-state index contributed by atoms with van der Waals surface area (Å²) in [5, 5.41) is 8.71. The van der Waals surface area contributed by atoms with E-state index in [1.165, 1.54) is 19.3 Å². The fourth-order valence-electron chi connectivity index (χ4n) is 2.77. The molecule has 0 unspecified atom stereocenters. The lowest BCUT2D eigenvalue weighted by Gasteiger charge is -2.37. The zero-order valence-electron chi connectivity index (χ0n) is 16.2. The van der Waals surface area contributed by atoms with Crippen molar-refractivity contribution >= 4 is 22.9 Å². The average Bonchev–Trinajstić information content (AvgIpc) is 2.68. The van der Waals surface area contributed by atoms with Crippen molar-refractivity contribution in [2.75, 3.05) is 31.1 Å². The molecule has 1 aliphatic heterocycles. The van der Waals surface area contributed by atoms with Gasteiger partial charge in [-0.15, -0.1) is 0 Å². The summed E-state index contributed by atoms with van der Waals surface area (Å²) in [4.78, 5) is 9.70. The zero-order chi connectivity index (χ0) is 18.7. The molecular weight excluding hydrogens is 328 g/mol. The van der Waals surface area contributed by atoms with Crippen LogP contribution >= 0.6 is 12.2 Å². The van der Waals surface area contributed by atoms with Crippen LogP contribution in [0.2, 0.25) is 0 Å². The molecule has 0 aromatic carbocycles. The van der Waals surface area contributed by atoms with Crippen LogP contribution in [0.25, 0.3) is 0 Å². The Morgan fingerprint density at radius 3 is 2.32 bits per heavy atom. The van der Waals surface area contributed by atoms with E-state index in [4.69, 9.17) is 17.5 Å². The van der Waals surface area contributed by atoms with E-state index in [9.17, 15) is 0 Å². The third-order valence-corrected chi connectivity index (χ3v) is 5.19. The molecule has 0 amide bonds. The van der Waals surface area contributed by atoms with Gasteiger partial charge in [-0.2, -0.15) is 5.26 Å². The van der Waals surface area contributed by atoms with Crippen molar-refractivity contribution in [2.24, 2.45) is 5.92 Å². The maximum absolute atomic E-state index is 8.71. The lowest BCUT2D eigenvalue weighted by molar-refractivity contribution is 0.386. The first-order chi connectivity index (χ1) is 12.0. The lowest BCUT2D eigenvalue weighted by Crippen LogP contribution is -2.48. The van der Waals surface area contributed by atoms with Gasteiger partial charge in [0, 0.05) is 26.2 Å². The minimum Gasteiger partial charge on any atom is -0.367 e. The molecule has 25 heavy (non-hydrogen) atoms. The Morgan fingerprint density at radius 2 is 1.92 bits per heavy atom. The second-order valence-corrected chi connectivity index (χ2v) is 7.01. The normalized spacial score (nSPS) is 15.0. The number of anilines is 1. The summed E-state index contributed by atoms with van der Waals surface area (Å²) in [6.07, 6.45) is 6.79. The van der Waals surface area contributed by atoms with Crippen LogP contribution in [0.5, 0.6) is 0 Å². The number of aromatic nitrogens is 1. The van der Waals surface area contributed by atoms with E-state index < -0.39 is 0 Å². The van der Waals surface area contributed by atoms with E-state index in [1.54, 1.807) is 12.3 Å². The van der Waals surface area contributed by atoms with Crippen LogP contribution in [-0.2, 0) is 0 Å². The highest BCUT2D eigenvalue weighted by Crippen LogP contribution is 2.16. The molecule has 138 valence electrons. The molecule has 0 saturated carbocycles. The highest BCUT2D eigenvalue weighted by Gasteiger charge is 2.18. The third-order valence-electron chi connectivity index (χ3n) is 4.64. The standard InChI is InChI=1S/C13H16N4S.C7H16/c1-2-13(18)17-7-5-16(6-8-17)12-4-3-11(9-14)15-10-12;1-4-6-7(3)5-2/h3-4,10H,2,5-8H2,1H3;7H,4-6H2,1-3H3/t;7-/m.0/s1. The Balaban J connectivity index is 0.000000381. The largest absolute Gasteiger partial charge is 0.367 e. The molecule has 0 aliphatic carbocycles. The van der Waals surface area contributed by atoms with Gasteiger partial charge in [0.2, 0.25) is 0 Å². The van der Waals surface area contributed by atoms with Crippen molar-refractivity contribution in [3.8, 4) is 6.07 Å². The molecule has 2 rings (SSSR count). The third kappa shape index (κ3) is 7.39. The zero-order valence-corrected chi connectivity index (χ0v) is 17.0. The van der Waals surface area contributed by atoms with E-state index in [2.05, 4.69) is 42.5 Å². The second kappa shape index (κ2) is 11.8. The van der Waals surface area contributed by atoms with Crippen LogP contribution in [0.15, 0.2) is 18.3 Å². The Labute approximate surface area is 158 Å². The smallest absolute Gasteiger partial charge is 0.140 e. The number of nitriles is 1. The van der Waals surface area contributed by atoms with Crippen molar-refractivity contribution in [3.05, 3.63) is 24.0 Å². The van der Waals surface area contributed by atoms with Gasteiger partial charge in [-0.25, -0.2) is 4.98 Å². The molecule has 1 aromatic heterocycles. The van der Waals surface area contributed by atoms with Crippen LogP contribution < -0.4 is 4.90 Å². The molecule has 1 aromatic rings. The number of piperazine rings is 1. The molecule has 1 aliphatic rings. The predicted molar refractivity (Wildman–Crippen MR) is 110 cm³/mol.